The first-order valence-corrected chi connectivity index (χ1v) is 8.72. The molecular weight excluding hydrogens is 316 g/mol. The number of fused-ring (bicyclic) bond motifs is 1. The number of benzene rings is 1. The number of aliphatic hydroxyl groups excluding tert-OH is 1. The van der Waals surface area contributed by atoms with Crippen LogP contribution in [0.25, 0.3) is 20.1 Å². The predicted molar refractivity (Wildman–Crippen MR) is 91.6 cm³/mol. The summed E-state index contributed by atoms with van der Waals surface area (Å²) in [5.74, 6) is -0.0334. The summed E-state index contributed by atoms with van der Waals surface area (Å²) >= 11 is 3.09. The normalized spacial score (nSPS) is 11.0. The van der Waals surface area contributed by atoms with Crippen molar-refractivity contribution in [2.75, 3.05) is 19.7 Å². The molecule has 0 saturated heterocycles. The van der Waals surface area contributed by atoms with Gasteiger partial charge in [0.05, 0.1) is 26.6 Å². The number of para-hydroxylation sites is 1. The lowest BCUT2D eigenvalue weighted by Gasteiger charge is -2.18. The summed E-state index contributed by atoms with van der Waals surface area (Å²) in [6, 6.07) is 11.8. The number of hydrogen-bond donors (Lipinski definition) is 1. The van der Waals surface area contributed by atoms with E-state index in [4.69, 9.17) is 5.11 Å². The summed E-state index contributed by atoms with van der Waals surface area (Å²) in [6.07, 6.45) is 0. The fourth-order valence-electron chi connectivity index (χ4n) is 2.23. The molecule has 0 radical (unpaired) electrons. The van der Waals surface area contributed by atoms with E-state index in [0.29, 0.717) is 18.0 Å². The molecule has 0 atom stereocenters. The van der Waals surface area contributed by atoms with Gasteiger partial charge in [-0.05, 0) is 31.2 Å². The molecule has 6 heteroatoms. The minimum atomic E-state index is -0.0334. The van der Waals surface area contributed by atoms with Gasteiger partial charge in [-0.1, -0.05) is 12.1 Å². The van der Waals surface area contributed by atoms with Gasteiger partial charge >= 0.3 is 0 Å². The summed E-state index contributed by atoms with van der Waals surface area (Å²) in [4.78, 5) is 20.3. The van der Waals surface area contributed by atoms with Gasteiger partial charge in [-0.2, -0.15) is 0 Å². The summed E-state index contributed by atoms with van der Waals surface area (Å²) in [5, 5.41) is 9.97. The lowest BCUT2D eigenvalue weighted by Crippen LogP contribution is -2.32. The Bertz CT molecular complexity index is 761. The number of thiophene rings is 1. The maximum atomic E-state index is 12.4. The molecule has 1 N–H and O–H groups in total. The molecule has 0 bridgehead atoms. The molecule has 4 nitrogen and oxygen atoms in total. The number of hydrogen-bond acceptors (Lipinski definition) is 5. The maximum Gasteiger partial charge on any atom is 0.264 e. The Labute approximate surface area is 136 Å². The van der Waals surface area contributed by atoms with Crippen molar-refractivity contribution in [1.29, 1.82) is 0 Å². The van der Waals surface area contributed by atoms with Gasteiger partial charge < -0.3 is 10.0 Å². The van der Waals surface area contributed by atoms with Crippen molar-refractivity contribution in [3.63, 3.8) is 0 Å². The zero-order valence-corrected chi connectivity index (χ0v) is 13.8. The van der Waals surface area contributed by atoms with Crippen molar-refractivity contribution in [1.82, 2.24) is 9.88 Å². The van der Waals surface area contributed by atoms with Crippen LogP contribution in [0.1, 0.15) is 16.6 Å². The molecule has 0 aliphatic heterocycles. The molecule has 1 aromatic carbocycles. The smallest absolute Gasteiger partial charge is 0.264 e. The van der Waals surface area contributed by atoms with E-state index in [-0.39, 0.29) is 12.5 Å². The highest BCUT2D eigenvalue weighted by molar-refractivity contribution is 7.26. The molecule has 0 spiro atoms. The molecule has 0 aliphatic rings. The van der Waals surface area contributed by atoms with Gasteiger partial charge in [0.1, 0.15) is 5.01 Å². The van der Waals surface area contributed by atoms with Crippen LogP contribution in [0.4, 0.5) is 0 Å². The van der Waals surface area contributed by atoms with Crippen molar-refractivity contribution in [2.45, 2.75) is 6.92 Å². The Morgan fingerprint density at radius 1 is 1.23 bits per heavy atom. The minimum absolute atomic E-state index is 0.0182. The van der Waals surface area contributed by atoms with E-state index in [1.165, 1.54) is 11.3 Å². The van der Waals surface area contributed by atoms with Crippen molar-refractivity contribution in [3.8, 4) is 9.88 Å². The van der Waals surface area contributed by atoms with Gasteiger partial charge in [-0.3, -0.25) is 4.79 Å². The number of likely N-dealkylation sites (N-methyl/N-ethyl adjacent to an activating group) is 1. The van der Waals surface area contributed by atoms with E-state index >= 15 is 0 Å². The van der Waals surface area contributed by atoms with Crippen LogP contribution in [0.2, 0.25) is 0 Å². The first-order valence-electron chi connectivity index (χ1n) is 7.09. The molecule has 2 aromatic heterocycles. The topological polar surface area (TPSA) is 53.4 Å². The number of carbonyl (C=O) groups excluding carboxylic acids is 1. The van der Waals surface area contributed by atoms with Crippen LogP contribution < -0.4 is 0 Å². The fraction of sp³-hybridized carbons (Fsp3) is 0.250. The first-order chi connectivity index (χ1) is 10.7. The van der Waals surface area contributed by atoms with Crippen molar-refractivity contribution in [3.05, 3.63) is 41.3 Å². The monoisotopic (exact) mass is 332 g/mol. The van der Waals surface area contributed by atoms with Crippen LogP contribution in [0.3, 0.4) is 0 Å². The van der Waals surface area contributed by atoms with Crippen LogP contribution in [0.15, 0.2) is 36.4 Å². The van der Waals surface area contributed by atoms with E-state index in [0.717, 1.165) is 20.1 Å². The van der Waals surface area contributed by atoms with Crippen molar-refractivity contribution >= 4 is 38.8 Å². The second-order valence-electron chi connectivity index (χ2n) is 4.76. The maximum absolute atomic E-state index is 12.4. The molecule has 2 heterocycles. The van der Waals surface area contributed by atoms with Gasteiger partial charge in [-0.25, -0.2) is 4.98 Å². The van der Waals surface area contributed by atoms with Crippen molar-refractivity contribution in [2.24, 2.45) is 0 Å². The second kappa shape index (κ2) is 6.56. The fourth-order valence-corrected chi connectivity index (χ4v) is 4.22. The third kappa shape index (κ3) is 2.90. The molecule has 0 aliphatic carbocycles. The highest BCUT2D eigenvalue weighted by Crippen LogP contribution is 2.34. The molecular formula is C16H16N2O2S2. The van der Waals surface area contributed by atoms with E-state index in [2.05, 4.69) is 11.1 Å². The van der Waals surface area contributed by atoms with Crippen LogP contribution in [-0.2, 0) is 0 Å². The zero-order valence-electron chi connectivity index (χ0n) is 12.2. The number of carbonyl (C=O) groups is 1. The molecule has 3 aromatic rings. The largest absolute Gasteiger partial charge is 0.395 e. The number of aliphatic hydroxyl groups is 1. The Balaban J connectivity index is 1.88. The molecule has 3 rings (SSSR count). The third-order valence-corrected chi connectivity index (χ3v) is 5.64. The average molecular weight is 332 g/mol. The Morgan fingerprint density at radius 3 is 2.77 bits per heavy atom. The Kier molecular flexibility index (Phi) is 4.52. The molecule has 1 amide bonds. The summed E-state index contributed by atoms with van der Waals surface area (Å²) in [7, 11) is 0. The van der Waals surface area contributed by atoms with E-state index in [9.17, 15) is 4.79 Å². The summed E-state index contributed by atoms with van der Waals surface area (Å²) in [5.41, 5.74) is 0.985. The number of rotatable bonds is 5. The highest BCUT2D eigenvalue weighted by atomic mass is 32.1. The van der Waals surface area contributed by atoms with Gasteiger partial charge in [0.15, 0.2) is 0 Å². The number of nitrogens with zero attached hydrogens (tertiary/aromatic N) is 2. The van der Waals surface area contributed by atoms with E-state index in [1.807, 2.05) is 37.3 Å². The Morgan fingerprint density at radius 2 is 2.05 bits per heavy atom. The molecule has 0 saturated carbocycles. The summed E-state index contributed by atoms with van der Waals surface area (Å²) < 4.78 is 1.15. The van der Waals surface area contributed by atoms with Gasteiger partial charge in [0.2, 0.25) is 0 Å². The second-order valence-corrected chi connectivity index (χ2v) is 6.87. The van der Waals surface area contributed by atoms with Gasteiger partial charge in [-0.15, -0.1) is 22.7 Å². The van der Waals surface area contributed by atoms with Crippen LogP contribution in [-0.4, -0.2) is 40.6 Å². The van der Waals surface area contributed by atoms with Gasteiger partial charge in [0, 0.05) is 13.1 Å². The van der Waals surface area contributed by atoms with Crippen LogP contribution >= 0.6 is 22.7 Å². The zero-order chi connectivity index (χ0) is 15.5. The standard InChI is InChI=1S/C16H16N2O2S2/c1-2-18(9-10-19)16(20)14-8-7-13(21-14)15-17-11-5-3-4-6-12(11)22-15/h3-8,19H,2,9-10H2,1H3. The SMILES string of the molecule is CCN(CCO)C(=O)c1ccc(-c2nc3ccccc3s2)s1. The van der Waals surface area contributed by atoms with E-state index in [1.54, 1.807) is 16.2 Å². The summed E-state index contributed by atoms with van der Waals surface area (Å²) in [6.45, 7) is 2.85. The van der Waals surface area contributed by atoms with Crippen LogP contribution in [0, 0.1) is 0 Å². The van der Waals surface area contributed by atoms with Crippen LogP contribution in [0.5, 0.6) is 0 Å². The first kappa shape index (κ1) is 15.1. The van der Waals surface area contributed by atoms with E-state index < -0.39 is 0 Å². The van der Waals surface area contributed by atoms with Crippen molar-refractivity contribution < 1.29 is 9.90 Å². The lowest BCUT2D eigenvalue weighted by atomic mass is 10.3. The van der Waals surface area contributed by atoms with Gasteiger partial charge in [0.25, 0.3) is 5.91 Å². The number of amides is 1. The molecule has 114 valence electrons. The minimum Gasteiger partial charge on any atom is -0.395 e. The molecule has 0 unspecified atom stereocenters. The number of thiazole rings is 1. The Hall–Kier alpha value is -1.76. The lowest BCUT2D eigenvalue weighted by molar-refractivity contribution is 0.0737. The predicted octanol–water partition coefficient (Wildman–Crippen LogP) is 3.48. The average Bonchev–Trinajstić information content (AvgIpc) is 3.17. The quantitative estimate of drug-likeness (QED) is 0.778. The molecule has 0 fully saturated rings. The number of aromatic nitrogens is 1. The third-order valence-electron chi connectivity index (χ3n) is 3.36. The highest BCUT2D eigenvalue weighted by Gasteiger charge is 2.17. The molecule has 22 heavy (non-hydrogen) atoms.